The minimum atomic E-state index is -0.172. The molecular weight excluding hydrogens is 372 g/mol. The van der Waals surface area contributed by atoms with Gasteiger partial charge in [0.2, 0.25) is 0 Å². The third-order valence-corrected chi connectivity index (χ3v) is 5.76. The molecule has 0 spiro atoms. The molecule has 4 nitrogen and oxygen atoms in total. The lowest BCUT2D eigenvalue weighted by Crippen LogP contribution is -2.15. The van der Waals surface area contributed by atoms with Crippen molar-refractivity contribution in [1.29, 1.82) is 0 Å². The first-order chi connectivity index (χ1) is 14.2. The zero-order chi connectivity index (χ0) is 22.0. The summed E-state index contributed by atoms with van der Waals surface area (Å²) in [5.41, 5.74) is 9.24. The molecule has 3 aromatic rings. The van der Waals surface area contributed by atoms with Crippen LogP contribution in [0.5, 0.6) is 0 Å². The van der Waals surface area contributed by atoms with Crippen LogP contribution in [0.2, 0.25) is 0 Å². The summed E-state index contributed by atoms with van der Waals surface area (Å²) in [5, 5.41) is 5.84. The van der Waals surface area contributed by atoms with Crippen LogP contribution in [-0.4, -0.2) is 11.8 Å². The van der Waals surface area contributed by atoms with Crippen molar-refractivity contribution in [3.8, 4) is 0 Å². The summed E-state index contributed by atoms with van der Waals surface area (Å²) in [6.45, 7) is 12.1. The Morgan fingerprint density at radius 1 is 0.567 bits per heavy atom. The van der Waals surface area contributed by atoms with E-state index in [1.54, 1.807) is 6.07 Å². The first kappa shape index (κ1) is 21.3. The van der Waals surface area contributed by atoms with E-state index in [0.29, 0.717) is 22.5 Å². The largest absolute Gasteiger partial charge is 0.322 e. The Balaban J connectivity index is 1.76. The molecule has 0 unspecified atom stereocenters. The number of carbonyl (C=O) groups excluding carboxylic acids is 2. The van der Waals surface area contributed by atoms with Crippen molar-refractivity contribution >= 4 is 23.2 Å². The molecule has 0 bridgehead atoms. The van der Waals surface area contributed by atoms with E-state index in [1.807, 2.05) is 70.2 Å². The zero-order valence-electron chi connectivity index (χ0n) is 18.4. The third kappa shape index (κ3) is 4.60. The van der Waals surface area contributed by atoms with E-state index >= 15 is 0 Å². The van der Waals surface area contributed by atoms with E-state index in [1.165, 1.54) is 11.1 Å². The van der Waals surface area contributed by atoms with Gasteiger partial charge in [0.05, 0.1) is 0 Å². The molecule has 2 N–H and O–H groups in total. The maximum Gasteiger partial charge on any atom is 0.255 e. The molecule has 0 fully saturated rings. The Hall–Kier alpha value is -3.40. The van der Waals surface area contributed by atoms with Crippen LogP contribution in [0.3, 0.4) is 0 Å². The Morgan fingerprint density at radius 2 is 0.900 bits per heavy atom. The van der Waals surface area contributed by atoms with Gasteiger partial charge in [-0.1, -0.05) is 6.07 Å². The molecule has 0 saturated heterocycles. The van der Waals surface area contributed by atoms with Crippen molar-refractivity contribution in [2.75, 3.05) is 10.6 Å². The van der Waals surface area contributed by atoms with Gasteiger partial charge in [0, 0.05) is 22.5 Å². The highest BCUT2D eigenvalue weighted by Crippen LogP contribution is 2.21. The van der Waals surface area contributed by atoms with Gasteiger partial charge < -0.3 is 10.6 Å². The van der Waals surface area contributed by atoms with Crippen LogP contribution in [0, 0.1) is 41.5 Å². The summed E-state index contributed by atoms with van der Waals surface area (Å²) in [5.74, 6) is -0.344. The molecule has 0 aromatic heterocycles. The molecule has 154 valence electrons. The SMILES string of the molecule is Cc1cc(C(=O)Nc2cccc(NC(=O)c3cc(C)c(C)c(C)c3)c2)cc(C)c1C. The standard InChI is InChI=1S/C26H28N2O2/c1-15-10-21(11-16(2)19(15)5)25(29)27-23-8-7-9-24(14-23)28-26(30)22-12-17(3)20(6)18(4)13-22/h7-14H,1-6H3,(H,27,29)(H,28,30). The molecule has 2 amide bonds. The lowest BCUT2D eigenvalue weighted by Gasteiger charge is -2.12. The van der Waals surface area contributed by atoms with Gasteiger partial charge in [-0.3, -0.25) is 9.59 Å². The summed E-state index contributed by atoms with van der Waals surface area (Å²) in [7, 11) is 0. The highest BCUT2D eigenvalue weighted by molar-refractivity contribution is 6.06. The van der Waals surface area contributed by atoms with E-state index in [-0.39, 0.29) is 11.8 Å². The molecule has 4 heteroatoms. The van der Waals surface area contributed by atoms with Crippen LogP contribution in [-0.2, 0) is 0 Å². The summed E-state index contributed by atoms with van der Waals surface area (Å²) in [6, 6.07) is 14.8. The predicted molar refractivity (Wildman–Crippen MR) is 124 cm³/mol. The monoisotopic (exact) mass is 400 g/mol. The van der Waals surface area contributed by atoms with Crippen LogP contribution >= 0.6 is 0 Å². The molecular formula is C26H28N2O2. The molecule has 0 radical (unpaired) electrons. The third-order valence-electron chi connectivity index (χ3n) is 5.76. The van der Waals surface area contributed by atoms with E-state index in [2.05, 4.69) is 24.5 Å². The van der Waals surface area contributed by atoms with E-state index in [9.17, 15) is 9.59 Å². The first-order valence-electron chi connectivity index (χ1n) is 10.0. The van der Waals surface area contributed by atoms with Gasteiger partial charge >= 0.3 is 0 Å². The number of nitrogens with one attached hydrogen (secondary N) is 2. The summed E-state index contributed by atoms with van der Waals surface area (Å²) < 4.78 is 0. The molecule has 3 rings (SSSR count). The van der Waals surface area contributed by atoms with Crippen LogP contribution < -0.4 is 10.6 Å². The Labute approximate surface area is 178 Å². The van der Waals surface area contributed by atoms with Gasteiger partial charge in [-0.15, -0.1) is 0 Å². The van der Waals surface area contributed by atoms with Gasteiger partial charge in [0.25, 0.3) is 11.8 Å². The Kier molecular flexibility index (Phi) is 6.06. The van der Waals surface area contributed by atoms with Gasteiger partial charge in [0.1, 0.15) is 0 Å². The van der Waals surface area contributed by atoms with Crippen molar-refractivity contribution < 1.29 is 9.59 Å². The lowest BCUT2D eigenvalue weighted by atomic mass is 10.00. The average Bonchev–Trinajstić information content (AvgIpc) is 2.69. The Bertz CT molecular complexity index is 1010. The molecule has 0 aliphatic rings. The number of hydrogen-bond acceptors (Lipinski definition) is 2. The maximum absolute atomic E-state index is 12.7. The minimum absolute atomic E-state index is 0.172. The molecule has 0 aliphatic heterocycles. The number of benzene rings is 3. The lowest BCUT2D eigenvalue weighted by molar-refractivity contribution is 0.101. The van der Waals surface area contributed by atoms with Gasteiger partial charge in [-0.2, -0.15) is 0 Å². The van der Waals surface area contributed by atoms with Gasteiger partial charge in [-0.25, -0.2) is 0 Å². The van der Waals surface area contributed by atoms with Crippen LogP contribution in [0.1, 0.15) is 54.1 Å². The molecule has 0 atom stereocenters. The second-order valence-electron chi connectivity index (χ2n) is 7.96. The highest BCUT2D eigenvalue weighted by atomic mass is 16.2. The van der Waals surface area contributed by atoms with Crippen LogP contribution in [0.25, 0.3) is 0 Å². The van der Waals surface area contributed by atoms with Crippen molar-refractivity contribution in [1.82, 2.24) is 0 Å². The molecule has 3 aromatic carbocycles. The minimum Gasteiger partial charge on any atom is -0.322 e. The highest BCUT2D eigenvalue weighted by Gasteiger charge is 2.12. The molecule has 30 heavy (non-hydrogen) atoms. The fourth-order valence-corrected chi connectivity index (χ4v) is 3.41. The predicted octanol–water partition coefficient (Wildman–Crippen LogP) is 6.04. The fraction of sp³-hybridized carbons (Fsp3) is 0.231. The number of hydrogen-bond donors (Lipinski definition) is 2. The van der Waals surface area contributed by atoms with Crippen molar-refractivity contribution in [3.05, 3.63) is 93.0 Å². The number of aryl methyl sites for hydroxylation is 4. The number of carbonyl (C=O) groups is 2. The normalized spacial score (nSPS) is 10.6. The number of rotatable bonds is 4. The fourth-order valence-electron chi connectivity index (χ4n) is 3.41. The van der Waals surface area contributed by atoms with Crippen molar-refractivity contribution in [2.24, 2.45) is 0 Å². The van der Waals surface area contributed by atoms with E-state index in [4.69, 9.17) is 0 Å². The summed E-state index contributed by atoms with van der Waals surface area (Å²) in [6.07, 6.45) is 0. The molecule has 0 aliphatic carbocycles. The van der Waals surface area contributed by atoms with Gasteiger partial charge in [0.15, 0.2) is 0 Å². The molecule has 0 saturated carbocycles. The topological polar surface area (TPSA) is 58.2 Å². The second kappa shape index (κ2) is 8.54. The van der Waals surface area contributed by atoms with Crippen LogP contribution in [0.4, 0.5) is 11.4 Å². The number of anilines is 2. The second-order valence-corrected chi connectivity index (χ2v) is 7.96. The summed E-state index contributed by atoms with van der Waals surface area (Å²) in [4.78, 5) is 25.4. The zero-order valence-corrected chi connectivity index (χ0v) is 18.4. The quantitative estimate of drug-likeness (QED) is 0.561. The smallest absolute Gasteiger partial charge is 0.255 e. The maximum atomic E-state index is 12.7. The van der Waals surface area contributed by atoms with Crippen LogP contribution in [0.15, 0.2) is 48.5 Å². The van der Waals surface area contributed by atoms with Crippen molar-refractivity contribution in [3.63, 3.8) is 0 Å². The number of amides is 2. The van der Waals surface area contributed by atoms with E-state index in [0.717, 1.165) is 22.3 Å². The first-order valence-corrected chi connectivity index (χ1v) is 10.0. The van der Waals surface area contributed by atoms with Gasteiger partial charge in [-0.05, 0) is 117 Å². The average molecular weight is 401 g/mol. The Morgan fingerprint density at radius 3 is 1.23 bits per heavy atom. The van der Waals surface area contributed by atoms with E-state index < -0.39 is 0 Å². The molecule has 0 heterocycles. The summed E-state index contributed by atoms with van der Waals surface area (Å²) >= 11 is 0. The van der Waals surface area contributed by atoms with Crippen molar-refractivity contribution in [2.45, 2.75) is 41.5 Å².